The standard InChI is InChI=1S/C25H30ClN9O/c1-16-23(17(2)35(31-16)18-8-11-33(12-9-18)15-22(36)32(3)4)29-25-27-14-20(26)24(30-25)19-13-28-34-10-6-5-7-21(19)34/h5-7,10,13-14,18H,8-9,11-12,15H2,1-4H3,(H,27,29,30)/p+1. The zero-order valence-corrected chi connectivity index (χ0v) is 21.7. The van der Waals surface area contributed by atoms with E-state index in [9.17, 15) is 4.79 Å². The van der Waals surface area contributed by atoms with Gasteiger partial charge in [-0.2, -0.15) is 10.2 Å². The van der Waals surface area contributed by atoms with Crippen LogP contribution in [-0.2, 0) is 4.79 Å². The second kappa shape index (κ2) is 9.87. The molecule has 2 N–H and O–H groups in total. The number of fused-ring (bicyclic) bond motifs is 1. The Kier molecular flexibility index (Phi) is 6.63. The van der Waals surface area contributed by atoms with E-state index in [0.29, 0.717) is 29.3 Å². The third kappa shape index (κ3) is 4.66. The molecule has 0 atom stereocenters. The molecule has 1 fully saturated rings. The number of likely N-dealkylation sites (tertiary alicyclic amines) is 1. The molecule has 1 amide bonds. The predicted octanol–water partition coefficient (Wildman–Crippen LogP) is 3.15. The number of nitrogens with one attached hydrogen (secondary N) is 2. The van der Waals surface area contributed by atoms with E-state index in [1.165, 1.54) is 0 Å². The summed E-state index contributed by atoms with van der Waals surface area (Å²) in [6, 6.07) is 6.22. The summed E-state index contributed by atoms with van der Waals surface area (Å²) in [5, 5.41) is 11.8. The number of hydrogen-bond donors (Lipinski definition) is 2. The first-order valence-electron chi connectivity index (χ1n) is 12.1. The predicted molar refractivity (Wildman–Crippen MR) is 138 cm³/mol. The second-order valence-electron chi connectivity index (χ2n) is 9.47. The summed E-state index contributed by atoms with van der Waals surface area (Å²) in [7, 11) is 3.60. The fraction of sp³-hybridized carbons (Fsp3) is 0.400. The summed E-state index contributed by atoms with van der Waals surface area (Å²) >= 11 is 6.49. The Hall–Kier alpha value is -3.50. The number of likely N-dealkylation sites (N-methyl/N-ethyl adjacent to an activating group) is 1. The van der Waals surface area contributed by atoms with Crippen LogP contribution in [0.1, 0.15) is 30.3 Å². The molecular formula is C25H31ClN9O+. The number of aromatic nitrogens is 6. The van der Waals surface area contributed by atoms with Gasteiger partial charge >= 0.3 is 0 Å². The Morgan fingerprint density at radius 2 is 2.03 bits per heavy atom. The highest BCUT2D eigenvalue weighted by Crippen LogP contribution is 2.31. The van der Waals surface area contributed by atoms with Crippen LogP contribution in [0.4, 0.5) is 11.6 Å². The van der Waals surface area contributed by atoms with E-state index in [0.717, 1.165) is 54.1 Å². The number of carbonyl (C=O) groups is 1. The number of piperidine rings is 1. The monoisotopic (exact) mass is 508 g/mol. The molecule has 0 bridgehead atoms. The first-order valence-corrected chi connectivity index (χ1v) is 12.4. The Morgan fingerprint density at radius 3 is 2.78 bits per heavy atom. The lowest BCUT2D eigenvalue weighted by atomic mass is 10.0. The maximum absolute atomic E-state index is 12.1. The van der Waals surface area contributed by atoms with E-state index in [1.807, 2.05) is 31.3 Å². The Morgan fingerprint density at radius 1 is 1.25 bits per heavy atom. The van der Waals surface area contributed by atoms with Crippen molar-refractivity contribution in [1.29, 1.82) is 0 Å². The van der Waals surface area contributed by atoms with Gasteiger partial charge in [0.25, 0.3) is 0 Å². The van der Waals surface area contributed by atoms with Crippen molar-refractivity contribution in [3.05, 3.63) is 53.2 Å². The van der Waals surface area contributed by atoms with Gasteiger partial charge in [0.05, 0.1) is 40.9 Å². The molecule has 0 saturated carbocycles. The van der Waals surface area contributed by atoms with E-state index in [-0.39, 0.29) is 5.91 Å². The van der Waals surface area contributed by atoms with Crippen LogP contribution in [0.5, 0.6) is 0 Å². The van der Waals surface area contributed by atoms with Crippen LogP contribution >= 0.6 is 11.6 Å². The molecule has 0 spiro atoms. The molecule has 11 heteroatoms. The van der Waals surface area contributed by atoms with E-state index in [1.54, 1.807) is 35.9 Å². The van der Waals surface area contributed by atoms with Crippen molar-refractivity contribution in [2.45, 2.75) is 32.7 Å². The number of carbonyl (C=O) groups excluding carboxylic acids is 1. The van der Waals surface area contributed by atoms with Gasteiger partial charge in [0.2, 0.25) is 17.5 Å². The largest absolute Gasteiger partial charge is 0.348 e. The van der Waals surface area contributed by atoms with Gasteiger partial charge in [-0.05, 0) is 19.1 Å². The molecule has 0 aliphatic carbocycles. The zero-order chi connectivity index (χ0) is 25.4. The van der Waals surface area contributed by atoms with Crippen molar-refractivity contribution < 1.29 is 9.48 Å². The van der Waals surface area contributed by atoms with Gasteiger partial charge in [0, 0.05) is 58.7 Å². The summed E-state index contributed by atoms with van der Waals surface area (Å²) < 4.78 is 4.02. The molecular weight excluding hydrogens is 478 g/mol. The number of aromatic amines is 1. The van der Waals surface area contributed by atoms with Crippen LogP contribution in [-0.4, -0.2) is 74.1 Å². The highest BCUT2D eigenvalue weighted by Gasteiger charge is 2.32. The molecule has 1 aliphatic rings. The van der Waals surface area contributed by atoms with E-state index >= 15 is 0 Å². The quantitative estimate of drug-likeness (QED) is 0.388. The van der Waals surface area contributed by atoms with Gasteiger partial charge in [-0.1, -0.05) is 17.7 Å². The van der Waals surface area contributed by atoms with Gasteiger partial charge < -0.3 is 10.2 Å². The van der Waals surface area contributed by atoms with Gasteiger partial charge in [0.15, 0.2) is 6.04 Å². The first-order chi connectivity index (χ1) is 17.3. The molecule has 4 aromatic rings. The average Bonchev–Trinajstić information content (AvgIpc) is 3.42. The number of halogens is 1. The number of pyridine rings is 1. The summed E-state index contributed by atoms with van der Waals surface area (Å²) in [5.74, 6) is 0.616. The average molecular weight is 509 g/mol. The van der Waals surface area contributed by atoms with Crippen LogP contribution in [0.25, 0.3) is 16.8 Å². The van der Waals surface area contributed by atoms with Gasteiger partial charge in [-0.25, -0.2) is 14.5 Å². The normalized spacial score (nSPS) is 14.9. The van der Waals surface area contributed by atoms with Crippen molar-refractivity contribution in [2.24, 2.45) is 0 Å². The molecule has 1 aliphatic heterocycles. The number of nitrogens with zero attached hydrogens (tertiary/aromatic N) is 7. The summed E-state index contributed by atoms with van der Waals surface area (Å²) in [6.45, 7) is 6.39. The van der Waals surface area contributed by atoms with E-state index in [2.05, 4.69) is 37.0 Å². The minimum atomic E-state index is 0.144. The third-order valence-electron chi connectivity index (χ3n) is 6.83. The molecule has 0 radical (unpaired) electrons. The van der Waals surface area contributed by atoms with E-state index < -0.39 is 0 Å². The summed E-state index contributed by atoms with van der Waals surface area (Å²) in [4.78, 5) is 25.1. The Labute approximate surface area is 214 Å². The third-order valence-corrected chi connectivity index (χ3v) is 7.11. The Bertz CT molecular complexity index is 1400. The van der Waals surface area contributed by atoms with Crippen LogP contribution < -0.4 is 10.00 Å². The number of amides is 1. The lowest BCUT2D eigenvalue weighted by Crippen LogP contribution is -2.50. The van der Waals surface area contributed by atoms with Crippen molar-refractivity contribution in [3.63, 3.8) is 0 Å². The highest BCUT2D eigenvalue weighted by molar-refractivity contribution is 6.33. The minimum absolute atomic E-state index is 0.144. The molecule has 5 heterocycles. The SMILES string of the molecule is Cc1[nH][n+](C2CCN(CC(=O)N(C)C)CC2)c(C)c1Nc1ncc(Cl)c(-c2cnn3ccccc23)n1. The van der Waals surface area contributed by atoms with E-state index in [4.69, 9.17) is 16.6 Å². The highest BCUT2D eigenvalue weighted by atomic mass is 35.5. The van der Waals surface area contributed by atoms with Crippen LogP contribution in [0, 0.1) is 13.8 Å². The maximum atomic E-state index is 12.1. The lowest BCUT2D eigenvalue weighted by Gasteiger charge is -2.29. The number of H-pyrrole nitrogens is 1. The summed E-state index contributed by atoms with van der Waals surface area (Å²) in [6.07, 6.45) is 7.23. The molecule has 188 valence electrons. The van der Waals surface area contributed by atoms with Gasteiger partial charge in [-0.3, -0.25) is 9.69 Å². The van der Waals surface area contributed by atoms with Crippen LogP contribution in [0.15, 0.2) is 36.8 Å². The lowest BCUT2D eigenvalue weighted by molar-refractivity contribution is -0.781. The first kappa shape index (κ1) is 24.2. The van der Waals surface area contributed by atoms with Crippen molar-refractivity contribution in [3.8, 4) is 11.3 Å². The molecule has 0 aromatic carbocycles. The Balaban J connectivity index is 1.34. The van der Waals surface area contributed by atoms with Crippen LogP contribution in [0.2, 0.25) is 5.02 Å². The van der Waals surface area contributed by atoms with Crippen molar-refractivity contribution in [1.82, 2.24) is 34.5 Å². The molecule has 4 aromatic heterocycles. The number of rotatable bonds is 6. The fourth-order valence-corrected chi connectivity index (χ4v) is 4.97. The summed E-state index contributed by atoms with van der Waals surface area (Å²) in [5.41, 5.74) is 5.46. The van der Waals surface area contributed by atoms with Crippen molar-refractivity contribution in [2.75, 3.05) is 39.0 Å². The molecule has 10 nitrogen and oxygen atoms in total. The smallest absolute Gasteiger partial charge is 0.236 e. The molecule has 5 rings (SSSR count). The number of aryl methyl sites for hydroxylation is 1. The number of anilines is 2. The van der Waals surface area contributed by atoms with Gasteiger partial charge in [0.1, 0.15) is 5.69 Å². The maximum Gasteiger partial charge on any atom is 0.236 e. The number of hydrogen-bond acceptors (Lipinski definition) is 6. The molecule has 0 unspecified atom stereocenters. The second-order valence-corrected chi connectivity index (χ2v) is 9.87. The zero-order valence-electron chi connectivity index (χ0n) is 21.0. The minimum Gasteiger partial charge on any atom is -0.348 e. The topological polar surface area (TPSA) is 98.3 Å². The molecule has 1 saturated heterocycles. The fourth-order valence-electron chi connectivity index (χ4n) is 4.77. The molecule has 36 heavy (non-hydrogen) atoms. The van der Waals surface area contributed by atoms with Gasteiger partial charge in [-0.15, -0.1) is 4.68 Å². The van der Waals surface area contributed by atoms with Crippen LogP contribution in [0.3, 0.4) is 0 Å². The van der Waals surface area contributed by atoms with Crippen molar-refractivity contribution >= 4 is 34.7 Å².